The Kier molecular flexibility index (Phi) is 5.58. The Labute approximate surface area is 181 Å². The number of rotatable bonds is 5. The van der Waals surface area contributed by atoms with Crippen molar-refractivity contribution in [2.75, 3.05) is 18.6 Å². The van der Waals surface area contributed by atoms with E-state index in [2.05, 4.69) is 0 Å². The molecule has 156 valence electrons. The molecule has 3 aromatic carbocycles. The first-order valence-electron chi connectivity index (χ1n) is 10.1. The molecule has 0 saturated heterocycles. The number of anilines is 1. The van der Waals surface area contributed by atoms with Gasteiger partial charge in [-0.15, -0.1) is 0 Å². The molecule has 5 nitrogen and oxygen atoms in total. The van der Waals surface area contributed by atoms with Crippen molar-refractivity contribution in [3.05, 3.63) is 89.0 Å². The molecule has 0 aromatic heterocycles. The average molecular weight is 413 g/mol. The van der Waals surface area contributed by atoms with Crippen LogP contribution in [0, 0.1) is 6.92 Å². The molecule has 0 bridgehead atoms. The van der Waals surface area contributed by atoms with E-state index in [0.717, 1.165) is 11.1 Å². The smallest absolute Gasteiger partial charge is 0.265 e. The first-order valence-corrected chi connectivity index (χ1v) is 10.1. The molecule has 31 heavy (non-hydrogen) atoms. The van der Waals surface area contributed by atoms with E-state index in [1.165, 1.54) is 4.90 Å². The first-order chi connectivity index (χ1) is 15.0. The molecule has 0 aliphatic carbocycles. The second kappa shape index (κ2) is 8.48. The van der Waals surface area contributed by atoms with Gasteiger partial charge in [-0.05, 0) is 66.9 Å². The van der Waals surface area contributed by atoms with Crippen LogP contribution in [0.4, 0.5) is 5.69 Å². The molecule has 1 heterocycles. The number of nitrogens with zero attached hydrogens (tertiary/aromatic N) is 1. The number of fused-ring (bicyclic) bond motifs is 1. The molecular weight excluding hydrogens is 390 g/mol. The lowest BCUT2D eigenvalue weighted by Crippen LogP contribution is -2.41. The monoisotopic (exact) mass is 413 g/mol. The van der Waals surface area contributed by atoms with E-state index in [-0.39, 0.29) is 11.8 Å². The molecule has 0 N–H and O–H groups in total. The fourth-order valence-electron chi connectivity index (χ4n) is 3.71. The van der Waals surface area contributed by atoms with Crippen LogP contribution in [0.25, 0.3) is 11.6 Å². The topological polar surface area (TPSA) is 55.8 Å². The van der Waals surface area contributed by atoms with Crippen LogP contribution in [-0.2, 0) is 4.79 Å². The van der Waals surface area contributed by atoms with Crippen LogP contribution in [-0.4, -0.2) is 25.5 Å². The molecule has 0 saturated carbocycles. The Morgan fingerprint density at radius 1 is 0.871 bits per heavy atom. The molecule has 1 aliphatic rings. The molecule has 3 aromatic rings. The van der Waals surface area contributed by atoms with Crippen LogP contribution >= 0.6 is 0 Å². The lowest BCUT2D eigenvalue weighted by molar-refractivity contribution is -0.112. The van der Waals surface area contributed by atoms with Gasteiger partial charge in [-0.3, -0.25) is 9.59 Å². The standard InChI is InChI=1S/C26H23NO4/c1-4-31-23-13-12-18(16-24(23)30-3)15-22-20-10-5-6-11-21(20)25(28)27(26(22)29)19-9-7-8-17(2)14-19/h5-16H,4H2,1-3H3/b22-15-. The summed E-state index contributed by atoms with van der Waals surface area (Å²) in [6.45, 7) is 4.36. The zero-order chi connectivity index (χ0) is 22.0. The summed E-state index contributed by atoms with van der Waals surface area (Å²) < 4.78 is 11.0. The van der Waals surface area contributed by atoms with Crippen LogP contribution in [0.1, 0.15) is 34.0 Å². The Morgan fingerprint density at radius 3 is 2.35 bits per heavy atom. The van der Waals surface area contributed by atoms with Gasteiger partial charge < -0.3 is 9.47 Å². The predicted octanol–water partition coefficient (Wildman–Crippen LogP) is 5.13. The molecule has 5 heteroatoms. The van der Waals surface area contributed by atoms with Crippen molar-refractivity contribution in [2.24, 2.45) is 0 Å². The number of hydrogen-bond donors (Lipinski definition) is 0. The summed E-state index contributed by atoms with van der Waals surface area (Å²) in [5.41, 5.74) is 3.86. The van der Waals surface area contributed by atoms with Gasteiger partial charge in [-0.2, -0.15) is 0 Å². The van der Waals surface area contributed by atoms with Crippen molar-refractivity contribution in [3.8, 4) is 11.5 Å². The molecule has 4 rings (SSSR count). The van der Waals surface area contributed by atoms with Crippen molar-refractivity contribution >= 4 is 29.2 Å². The maximum atomic E-state index is 13.5. The van der Waals surface area contributed by atoms with Crippen molar-refractivity contribution in [1.29, 1.82) is 0 Å². The number of amides is 2. The van der Waals surface area contributed by atoms with E-state index in [9.17, 15) is 9.59 Å². The van der Waals surface area contributed by atoms with Crippen molar-refractivity contribution in [2.45, 2.75) is 13.8 Å². The SMILES string of the molecule is CCOc1ccc(/C=C2\C(=O)N(c3cccc(C)c3)C(=O)c3ccccc32)cc1OC. The third-order valence-electron chi connectivity index (χ3n) is 5.14. The van der Waals surface area contributed by atoms with Gasteiger partial charge in [0.2, 0.25) is 0 Å². The number of imide groups is 1. The fourth-order valence-corrected chi connectivity index (χ4v) is 3.71. The molecule has 2 amide bonds. The van der Waals surface area contributed by atoms with Crippen LogP contribution < -0.4 is 14.4 Å². The molecule has 0 atom stereocenters. The lowest BCUT2D eigenvalue weighted by atomic mass is 9.91. The summed E-state index contributed by atoms with van der Waals surface area (Å²) in [5.74, 6) is 0.535. The first kappa shape index (κ1) is 20.4. The van der Waals surface area contributed by atoms with E-state index in [1.54, 1.807) is 37.5 Å². The van der Waals surface area contributed by atoms with Gasteiger partial charge in [0.25, 0.3) is 11.8 Å². The highest BCUT2D eigenvalue weighted by molar-refractivity contribution is 6.43. The summed E-state index contributed by atoms with van der Waals surface area (Å²) >= 11 is 0. The van der Waals surface area contributed by atoms with Crippen molar-refractivity contribution in [1.82, 2.24) is 0 Å². The normalized spacial score (nSPS) is 14.5. The van der Waals surface area contributed by atoms with Gasteiger partial charge in [0.15, 0.2) is 11.5 Å². The third kappa shape index (κ3) is 3.82. The maximum Gasteiger partial charge on any atom is 0.265 e. The molecule has 0 spiro atoms. The molecule has 0 fully saturated rings. The average Bonchev–Trinajstić information content (AvgIpc) is 2.78. The second-order valence-corrected chi connectivity index (χ2v) is 7.23. The van der Waals surface area contributed by atoms with E-state index in [4.69, 9.17) is 9.47 Å². The minimum atomic E-state index is -0.359. The predicted molar refractivity (Wildman–Crippen MR) is 121 cm³/mol. The van der Waals surface area contributed by atoms with Crippen LogP contribution in [0.15, 0.2) is 66.7 Å². The molecule has 1 aliphatic heterocycles. The van der Waals surface area contributed by atoms with E-state index in [1.807, 2.05) is 56.3 Å². The van der Waals surface area contributed by atoms with Crippen molar-refractivity contribution in [3.63, 3.8) is 0 Å². The fraction of sp³-hybridized carbons (Fsp3) is 0.154. The van der Waals surface area contributed by atoms with Gasteiger partial charge >= 0.3 is 0 Å². The van der Waals surface area contributed by atoms with Crippen molar-refractivity contribution < 1.29 is 19.1 Å². The summed E-state index contributed by atoms with van der Waals surface area (Å²) in [6.07, 6.45) is 1.79. The number of methoxy groups -OCH3 is 1. The van der Waals surface area contributed by atoms with Gasteiger partial charge in [0.05, 0.1) is 19.4 Å². The van der Waals surface area contributed by atoms with E-state index >= 15 is 0 Å². The van der Waals surface area contributed by atoms with E-state index < -0.39 is 0 Å². The number of hydrogen-bond acceptors (Lipinski definition) is 4. The summed E-state index contributed by atoms with van der Waals surface area (Å²) in [6, 6.07) is 20.1. The van der Waals surface area contributed by atoms with E-state index in [0.29, 0.717) is 40.5 Å². The Balaban J connectivity index is 1.85. The van der Waals surface area contributed by atoms with Gasteiger partial charge in [-0.25, -0.2) is 4.90 Å². The molecule has 0 radical (unpaired) electrons. The Bertz CT molecular complexity index is 1200. The number of benzene rings is 3. The maximum absolute atomic E-state index is 13.5. The minimum Gasteiger partial charge on any atom is -0.493 e. The number of carbonyl (C=O) groups excluding carboxylic acids is 2. The summed E-state index contributed by atoms with van der Waals surface area (Å²) in [5, 5.41) is 0. The zero-order valence-corrected chi connectivity index (χ0v) is 17.7. The van der Waals surface area contributed by atoms with Crippen LogP contribution in [0.2, 0.25) is 0 Å². The van der Waals surface area contributed by atoms with Crippen LogP contribution in [0.3, 0.4) is 0 Å². The Hall–Kier alpha value is -3.86. The van der Waals surface area contributed by atoms with Crippen LogP contribution in [0.5, 0.6) is 11.5 Å². The number of carbonyl (C=O) groups is 2. The summed E-state index contributed by atoms with van der Waals surface area (Å²) in [7, 11) is 1.58. The lowest BCUT2D eigenvalue weighted by Gasteiger charge is -2.29. The van der Waals surface area contributed by atoms with Gasteiger partial charge in [0, 0.05) is 11.1 Å². The number of aryl methyl sites for hydroxylation is 1. The van der Waals surface area contributed by atoms with Gasteiger partial charge in [0.1, 0.15) is 0 Å². The summed E-state index contributed by atoms with van der Waals surface area (Å²) in [4.78, 5) is 28.0. The highest BCUT2D eigenvalue weighted by Gasteiger charge is 2.35. The largest absolute Gasteiger partial charge is 0.493 e. The highest BCUT2D eigenvalue weighted by atomic mass is 16.5. The quantitative estimate of drug-likeness (QED) is 0.430. The van der Waals surface area contributed by atoms with Gasteiger partial charge in [-0.1, -0.05) is 36.4 Å². The zero-order valence-electron chi connectivity index (χ0n) is 17.7. The second-order valence-electron chi connectivity index (χ2n) is 7.23. The third-order valence-corrected chi connectivity index (χ3v) is 5.14. The molecular formula is C26H23NO4. The number of ether oxygens (including phenoxy) is 2. The molecule has 0 unspecified atom stereocenters. The minimum absolute atomic E-state index is 0.326. The highest BCUT2D eigenvalue weighted by Crippen LogP contribution is 2.35. The Morgan fingerprint density at radius 2 is 1.65 bits per heavy atom.